The Balaban J connectivity index is 1.65. The van der Waals surface area contributed by atoms with Crippen LogP contribution in [0.4, 0.5) is 0 Å². The normalized spacial score (nSPS) is 13.9. The molecule has 0 heterocycles. The van der Waals surface area contributed by atoms with Crippen LogP contribution < -0.4 is 15.0 Å². The Bertz CT molecular complexity index is 377. The number of ether oxygens (including phenoxy) is 1. The van der Waals surface area contributed by atoms with Crippen LogP contribution in [0.5, 0.6) is 5.75 Å². The van der Waals surface area contributed by atoms with Gasteiger partial charge in [-0.2, -0.15) is 0 Å². The fraction of sp³-hybridized carbons (Fsp3) is 0.600. The van der Waals surface area contributed by atoms with E-state index < -0.39 is 0 Å². The summed E-state index contributed by atoms with van der Waals surface area (Å²) in [5, 5.41) is 2.33. The number of likely N-dealkylation sites (N-methyl/N-ethyl adjacent to an activating group) is 1. The molecule has 0 unspecified atom stereocenters. The van der Waals surface area contributed by atoms with Crippen molar-refractivity contribution in [2.75, 3.05) is 40.3 Å². The third kappa shape index (κ3) is 4.00. The van der Waals surface area contributed by atoms with Crippen molar-refractivity contribution in [2.45, 2.75) is 19.3 Å². The summed E-state index contributed by atoms with van der Waals surface area (Å²) >= 11 is 0. The maximum atomic E-state index is 5.80. The van der Waals surface area contributed by atoms with Gasteiger partial charge in [0.15, 0.2) is 0 Å². The number of nitrogens with one attached hydrogen (secondary N) is 1. The van der Waals surface area contributed by atoms with Crippen molar-refractivity contribution in [1.82, 2.24) is 0 Å². The molecule has 3 nitrogen and oxygen atoms in total. The minimum absolute atomic E-state index is 0.807. The molecule has 18 heavy (non-hydrogen) atoms. The number of rotatable bonds is 7. The van der Waals surface area contributed by atoms with Crippen LogP contribution in [0.25, 0.3) is 0 Å². The van der Waals surface area contributed by atoms with E-state index >= 15 is 0 Å². The molecule has 0 fully saturated rings. The molecule has 3 heteroatoms. The molecule has 3 N–H and O–H groups in total. The number of benzene rings is 1. The highest BCUT2D eigenvalue weighted by Gasteiger charge is 2.11. The zero-order chi connectivity index (χ0) is 12.8. The molecule has 0 saturated heterocycles. The quantitative estimate of drug-likeness (QED) is 0.614. The number of nitrogens with two attached hydrogens (primary N) is 1. The Morgan fingerprint density at radius 3 is 2.83 bits per heavy atom. The Morgan fingerprint density at radius 2 is 2.00 bits per heavy atom. The van der Waals surface area contributed by atoms with E-state index in [-0.39, 0.29) is 0 Å². The van der Waals surface area contributed by atoms with E-state index in [2.05, 4.69) is 37.6 Å². The number of hydrogen-bond acceptors (Lipinski definition) is 1. The second kappa shape index (κ2) is 6.76. The van der Waals surface area contributed by atoms with Gasteiger partial charge in [0.1, 0.15) is 32.0 Å². The highest BCUT2D eigenvalue weighted by atomic mass is 16.5. The van der Waals surface area contributed by atoms with Crippen molar-refractivity contribution in [1.29, 1.82) is 0 Å². The molecule has 0 bridgehead atoms. The lowest BCUT2D eigenvalue weighted by Crippen LogP contribution is -3.09. The summed E-state index contributed by atoms with van der Waals surface area (Å²) in [4.78, 5) is 1.51. The van der Waals surface area contributed by atoms with E-state index in [4.69, 9.17) is 4.74 Å². The number of fused-ring (bicyclic) bond motifs is 1. The fourth-order valence-corrected chi connectivity index (χ4v) is 2.43. The zero-order valence-corrected chi connectivity index (χ0v) is 11.7. The van der Waals surface area contributed by atoms with Crippen LogP contribution in [0.2, 0.25) is 0 Å². The average Bonchev–Trinajstić information content (AvgIpc) is 2.80. The first-order valence-electron chi connectivity index (χ1n) is 7.11. The molecule has 0 atom stereocenters. The van der Waals surface area contributed by atoms with Gasteiger partial charge in [-0.25, -0.2) is 0 Å². The third-order valence-corrected chi connectivity index (χ3v) is 3.51. The van der Waals surface area contributed by atoms with E-state index in [1.165, 1.54) is 48.4 Å². The summed E-state index contributed by atoms with van der Waals surface area (Å²) in [6.45, 7) is 4.24. The van der Waals surface area contributed by atoms with Crippen molar-refractivity contribution < 1.29 is 15.0 Å². The van der Waals surface area contributed by atoms with Gasteiger partial charge in [0, 0.05) is 0 Å². The summed E-state index contributed by atoms with van der Waals surface area (Å²) in [6, 6.07) is 6.58. The Labute approximate surface area is 110 Å². The van der Waals surface area contributed by atoms with Gasteiger partial charge >= 0.3 is 0 Å². The predicted octanol–water partition coefficient (Wildman–Crippen LogP) is -0.738. The molecule has 100 valence electrons. The SMILES string of the molecule is C[NH+](C)CC[NH2+]CCOc1ccc2c(c1)CCC2. The number of quaternary nitrogens is 2. The molecule has 1 aromatic carbocycles. The minimum atomic E-state index is 0.807. The topological polar surface area (TPSA) is 30.3 Å². The first-order chi connectivity index (χ1) is 8.75. The van der Waals surface area contributed by atoms with Gasteiger partial charge in [0.05, 0.1) is 14.1 Å². The van der Waals surface area contributed by atoms with Gasteiger partial charge < -0.3 is 15.0 Å². The molecular formula is C15H26N2O+2. The maximum Gasteiger partial charge on any atom is 0.137 e. The van der Waals surface area contributed by atoms with E-state index in [9.17, 15) is 0 Å². The fourth-order valence-electron chi connectivity index (χ4n) is 2.43. The predicted molar refractivity (Wildman–Crippen MR) is 73.3 cm³/mol. The lowest BCUT2D eigenvalue weighted by atomic mass is 10.1. The molecule has 0 aromatic heterocycles. The van der Waals surface area contributed by atoms with E-state index in [1.54, 1.807) is 0 Å². The molecule has 0 saturated carbocycles. The molecule has 2 rings (SSSR count). The Morgan fingerprint density at radius 1 is 1.17 bits per heavy atom. The molecule has 0 aliphatic heterocycles. The first-order valence-corrected chi connectivity index (χ1v) is 7.11. The summed E-state index contributed by atoms with van der Waals surface area (Å²) in [5.41, 5.74) is 3.01. The van der Waals surface area contributed by atoms with E-state index in [0.29, 0.717) is 0 Å². The van der Waals surface area contributed by atoms with Crippen LogP contribution in [0.3, 0.4) is 0 Å². The minimum Gasteiger partial charge on any atom is -0.488 e. The van der Waals surface area contributed by atoms with Crippen LogP contribution in [-0.4, -0.2) is 40.3 Å². The van der Waals surface area contributed by atoms with Gasteiger partial charge in [-0.05, 0) is 42.5 Å². The monoisotopic (exact) mass is 250 g/mol. The van der Waals surface area contributed by atoms with Crippen molar-refractivity contribution >= 4 is 0 Å². The second-order valence-electron chi connectivity index (χ2n) is 5.46. The summed E-state index contributed by atoms with van der Waals surface area (Å²) in [7, 11) is 4.38. The summed E-state index contributed by atoms with van der Waals surface area (Å²) in [6.07, 6.45) is 3.78. The molecule has 1 aliphatic rings. The third-order valence-electron chi connectivity index (χ3n) is 3.51. The lowest BCUT2D eigenvalue weighted by molar-refractivity contribution is -0.874. The lowest BCUT2D eigenvalue weighted by Gasteiger charge is -2.08. The van der Waals surface area contributed by atoms with E-state index in [0.717, 1.165) is 18.9 Å². The van der Waals surface area contributed by atoms with Gasteiger partial charge in [0.2, 0.25) is 0 Å². The van der Waals surface area contributed by atoms with Gasteiger partial charge in [0.25, 0.3) is 0 Å². The van der Waals surface area contributed by atoms with Gasteiger partial charge in [-0.3, -0.25) is 0 Å². The highest BCUT2D eigenvalue weighted by Crippen LogP contribution is 2.25. The average molecular weight is 250 g/mol. The molecule has 0 radical (unpaired) electrons. The molecule has 1 aliphatic carbocycles. The molecule has 0 spiro atoms. The molecular weight excluding hydrogens is 224 g/mol. The van der Waals surface area contributed by atoms with Crippen LogP contribution in [0.15, 0.2) is 18.2 Å². The Hall–Kier alpha value is -1.06. The van der Waals surface area contributed by atoms with Crippen LogP contribution in [-0.2, 0) is 12.8 Å². The molecule has 0 amide bonds. The van der Waals surface area contributed by atoms with Gasteiger partial charge in [-0.15, -0.1) is 0 Å². The smallest absolute Gasteiger partial charge is 0.137 e. The largest absolute Gasteiger partial charge is 0.488 e. The highest BCUT2D eigenvalue weighted by molar-refractivity contribution is 5.38. The molecule has 1 aromatic rings. The van der Waals surface area contributed by atoms with Crippen LogP contribution in [0.1, 0.15) is 17.5 Å². The van der Waals surface area contributed by atoms with Crippen molar-refractivity contribution in [2.24, 2.45) is 0 Å². The summed E-state index contributed by atoms with van der Waals surface area (Å²) in [5.74, 6) is 1.04. The Kier molecular flexibility index (Phi) is 5.02. The second-order valence-corrected chi connectivity index (χ2v) is 5.46. The standard InChI is InChI=1S/C15H24N2O/c1-17(2)10-8-16-9-11-18-15-7-6-13-4-3-5-14(13)12-15/h6-7,12,16H,3-5,8-11H2,1-2H3/p+2. The number of aryl methyl sites for hydroxylation is 2. The zero-order valence-electron chi connectivity index (χ0n) is 11.7. The first kappa shape index (κ1) is 13.4. The maximum absolute atomic E-state index is 5.80. The van der Waals surface area contributed by atoms with Crippen LogP contribution in [0, 0.1) is 0 Å². The van der Waals surface area contributed by atoms with Crippen molar-refractivity contribution in [3.8, 4) is 5.75 Å². The van der Waals surface area contributed by atoms with Crippen molar-refractivity contribution in [3.63, 3.8) is 0 Å². The summed E-state index contributed by atoms with van der Waals surface area (Å²) < 4.78 is 5.80. The van der Waals surface area contributed by atoms with Crippen LogP contribution >= 0.6 is 0 Å². The number of hydrogen-bond donors (Lipinski definition) is 2. The van der Waals surface area contributed by atoms with Gasteiger partial charge in [-0.1, -0.05) is 6.07 Å². The van der Waals surface area contributed by atoms with E-state index in [1.807, 2.05) is 0 Å². The van der Waals surface area contributed by atoms with Crippen molar-refractivity contribution in [3.05, 3.63) is 29.3 Å².